The summed E-state index contributed by atoms with van der Waals surface area (Å²) in [7, 11) is 1.60. The summed E-state index contributed by atoms with van der Waals surface area (Å²) in [4.78, 5) is 24.8. The standard InChI is InChI=1S/C17H21NO4/c1-21-11-16-10-18(17(20)22-16)14-6-2-12(3-7-14)13-4-8-15(19)9-5-13/h2-3,6-7,13,16H,4-5,8-11H2,1H3/t16-/m1/s1. The van der Waals surface area contributed by atoms with Crippen molar-refractivity contribution in [3.8, 4) is 0 Å². The average molecular weight is 303 g/mol. The molecule has 1 heterocycles. The zero-order valence-electron chi connectivity index (χ0n) is 12.8. The second kappa shape index (κ2) is 6.48. The van der Waals surface area contributed by atoms with Gasteiger partial charge in [-0.1, -0.05) is 12.1 Å². The van der Waals surface area contributed by atoms with Crippen molar-refractivity contribution in [1.29, 1.82) is 0 Å². The molecule has 0 N–H and O–H groups in total. The minimum atomic E-state index is -0.321. The molecule has 1 amide bonds. The van der Waals surface area contributed by atoms with E-state index >= 15 is 0 Å². The summed E-state index contributed by atoms with van der Waals surface area (Å²) in [5, 5.41) is 0. The van der Waals surface area contributed by atoms with Crippen LogP contribution in [-0.2, 0) is 14.3 Å². The van der Waals surface area contributed by atoms with Crippen LogP contribution in [0.25, 0.3) is 0 Å². The highest BCUT2D eigenvalue weighted by Gasteiger charge is 2.32. The molecule has 0 bridgehead atoms. The van der Waals surface area contributed by atoms with E-state index in [1.165, 1.54) is 5.56 Å². The van der Waals surface area contributed by atoms with Crippen LogP contribution in [-0.4, -0.2) is 38.2 Å². The molecule has 0 aromatic heterocycles. The zero-order valence-corrected chi connectivity index (χ0v) is 12.8. The molecule has 1 aromatic rings. The smallest absolute Gasteiger partial charge is 0.414 e. The van der Waals surface area contributed by atoms with E-state index in [9.17, 15) is 9.59 Å². The Labute approximate surface area is 130 Å². The van der Waals surface area contributed by atoms with Gasteiger partial charge in [0.15, 0.2) is 0 Å². The topological polar surface area (TPSA) is 55.8 Å². The third-order valence-electron chi connectivity index (χ3n) is 4.45. The van der Waals surface area contributed by atoms with E-state index in [1.54, 1.807) is 12.0 Å². The van der Waals surface area contributed by atoms with Gasteiger partial charge >= 0.3 is 6.09 Å². The first kappa shape index (κ1) is 15.0. The molecule has 5 heteroatoms. The Morgan fingerprint density at radius 1 is 1.18 bits per heavy atom. The van der Waals surface area contributed by atoms with Crippen molar-refractivity contribution in [2.45, 2.75) is 37.7 Å². The van der Waals surface area contributed by atoms with Gasteiger partial charge in [-0.3, -0.25) is 9.69 Å². The molecule has 1 aromatic carbocycles. The molecular formula is C17H21NO4. The van der Waals surface area contributed by atoms with Crippen LogP contribution in [0.5, 0.6) is 0 Å². The number of nitrogens with zero attached hydrogens (tertiary/aromatic N) is 1. The third-order valence-corrected chi connectivity index (χ3v) is 4.45. The largest absolute Gasteiger partial charge is 0.441 e. The number of ether oxygens (including phenoxy) is 2. The Kier molecular flexibility index (Phi) is 4.43. The van der Waals surface area contributed by atoms with Gasteiger partial charge in [0.1, 0.15) is 11.9 Å². The Morgan fingerprint density at radius 3 is 2.50 bits per heavy atom. The first-order valence-corrected chi connectivity index (χ1v) is 7.76. The van der Waals surface area contributed by atoms with E-state index in [0.29, 0.717) is 37.7 Å². The monoisotopic (exact) mass is 303 g/mol. The van der Waals surface area contributed by atoms with Crippen LogP contribution in [0.4, 0.5) is 10.5 Å². The molecule has 1 saturated carbocycles. The molecule has 0 unspecified atom stereocenters. The normalized spacial score (nSPS) is 23.0. The fourth-order valence-electron chi connectivity index (χ4n) is 3.20. The number of amides is 1. The highest BCUT2D eigenvalue weighted by molar-refractivity contribution is 5.89. The summed E-state index contributed by atoms with van der Waals surface area (Å²) in [5.74, 6) is 0.829. The highest BCUT2D eigenvalue weighted by Crippen LogP contribution is 2.32. The van der Waals surface area contributed by atoms with Gasteiger partial charge in [0.05, 0.1) is 13.2 Å². The van der Waals surface area contributed by atoms with Crippen LogP contribution in [0.2, 0.25) is 0 Å². The second-order valence-electron chi connectivity index (χ2n) is 5.98. The maximum Gasteiger partial charge on any atom is 0.414 e. The summed E-state index contributed by atoms with van der Waals surface area (Å²) >= 11 is 0. The van der Waals surface area contributed by atoms with Gasteiger partial charge in [-0.05, 0) is 36.5 Å². The fraction of sp³-hybridized carbons (Fsp3) is 0.529. The van der Waals surface area contributed by atoms with E-state index in [1.807, 2.05) is 12.1 Å². The quantitative estimate of drug-likeness (QED) is 0.858. The zero-order chi connectivity index (χ0) is 15.5. The minimum Gasteiger partial charge on any atom is -0.441 e. The van der Waals surface area contributed by atoms with Crippen molar-refractivity contribution >= 4 is 17.6 Å². The van der Waals surface area contributed by atoms with E-state index in [2.05, 4.69) is 12.1 Å². The molecule has 1 aliphatic carbocycles. The Bertz CT molecular complexity index is 544. The van der Waals surface area contributed by atoms with Gasteiger partial charge in [-0.25, -0.2) is 4.79 Å². The predicted octanol–water partition coefficient (Wildman–Crippen LogP) is 2.88. The number of rotatable bonds is 4. The first-order chi connectivity index (χ1) is 10.7. The van der Waals surface area contributed by atoms with Crippen molar-refractivity contribution in [2.24, 2.45) is 0 Å². The van der Waals surface area contributed by atoms with Crippen molar-refractivity contribution < 1.29 is 19.1 Å². The van der Waals surface area contributed by atoms with Crippen molar-refractivity contribution in [1.82, 2.24) is 0 Å². The van der Waals surface area contributed by atoms with Gasteiger partial charge in [-0.2, -0.15) is 0 Å². The van der Waals surface area contributed by atoms with Gasteiger partial charge in [-0.15, -0.1) is 0 Å². The average Bonchev–Trinajstić information content (AvgIpc) is 2.89. The molecule has 2 aliphatic rings. The summed E-state index contributed by atoms with van der Waals surface area (Å²) in [5.41, 5.74) is 2.09. The summed E-state index contributed by atoms with van der Waals surface area (Å²) in [6.45, 7) is 0.931. The van der Waals surface area contributed by atoms with E-state index in [-0.39, 0.29) is 12.2 Å². The number of cyclic esters (lactones) is 1. The van der Waals surface area contributed by atoms with Crippen LogP contribution < -0.4 is 4.90 Å². The van der Waals surface area contributed by atoms with Crippen LogP contribution in [0.3, 0.4) is 0 Å². The molecular weight excluding hydrogens is 282 g/mol. The predicted molar refractivity (Wildman–Crippen MR) is 82.1 cm³/mol. The van der Waals surface area contributed by atoms with Crippen molar-refractivity contribution in [3.63, 3.8) is 0 Å². The van der Waals surface area contributed by atoms with Crippen LogP contribution in [0.15, 0.2) is 24.3 Å². The fourth-order valence-corrected chi connectivity index (χ4v) is 3.20. The van der Waals surface area contributed by atoms with Crippen LogP contribution in [0, 0.1) is 0 Å². The minimum absolute atomic E-state index is 0.207. The number of carbonyl (C=O) groups excluding carboxylic acids is 2. The number of hydrogen-bond acceptors (Lipinski definition) is 4. The number of ketones is 1. The number of methoxy groups -OCH3 is 1. The molecule has 22 heavy (non-hydrogen) atoms. The number of carbonyl (C=O) groups is 2. The third kappa shape index (κ3) is 3.14. The first-order valence-electron chi connectivity index (χ1n) is 7.76. The summed E-state index contributed by atoms with van der Waals surface area (Å²) < 4.78 is 10.3. The maximum atomic E-state index is 11.9. The van der Waals surface area contributed by atoms with E-state index in [0.717, 1.165) is 18.5 Å². The van der Waals surface area contributed by atoms with Crippen LogP contribution >= 0.6 is 0 Å². The second-order valence-corrected chi connectivity index (χ2v) is 5.98. The Hall–Kier alpha value is -1.88. The lowest BCUT2D eigenvalue weighted by Crippen LogP contribution is -2.25. The van der Waals surface area contributed by atoms with E-state index < -0.39 is 0 Å². The van der Waals surface area contributed by atoms with Crippen LogP contribution in [0.1, 0.15) is 37.2 Å². The molecule has 5 nitrogen and oxygen atoms in total. The molecule has 0 spiro atoms. The Balaban J connectivity index is 1.66. The lowest BCUT2D eigenvalue weighted by Gasteiger charge is -2.22. The van der Waals surface area contributed by atoms with E-state index in [4.69, 9.17) is 9.47 Å². The number of hydrogen-bond donors (Lipinski definition) is 0. The van der Waals surface area contributed by atoms with Gasteiger partial charge in [0, 0.05) is 25.6 Å². The lowest BCUT2D eigenvalue weighted by atomic mass is 9.83. The maximum absolute atomic E-state index is 11.9. The highest BCUT2D eigenvalue weighted by atomic mass is 16.6. The number of anilines is 1. The van der Waals surface area contributed by atoms with Crippen molar-refractivity contribution in [3.05, 3.63) is 29.8 Å². The van der Waals surface area contributed by atoms with Crippen molar-refractivity contribution in [2.75, 3.05) is 25.2 Å². The molecule has 1 aliphatic heterocycles. The molecule has 1 atom stereocenters. The summed E-state index contributed by atoms with van der Waals surface area (Å²) in [6.07, 6.45) is 2.70. The van der Waals surface area contributed by atoms with Gasteiger partial charge in [0.2, 0.25) is 0 Å². The lowest BCUT2D eigenvalue weighted by molar-refractivity contribution is -0.120. The molecule has 2 fully saturated rings. The summed E-state index contributed by atoms with van der Waals surface area (Å²) in [6, 6.07) is 8.05. The van der Waals surface area contributed by atoms with Gasteiger partial charge in [0.25, 0.3) is 0 Å². The van der Waals surface area contributed by atoms with Gasteiger partial charge < -0.3 is 9.47 Å². The molecule has 1 saturated heterocycles. The molecule has 3 rings (SSSR count). The molecule has 118 valence electrons. The Morgan fingerprint density at radius 2 is 1.86 bits per heavy atom. The number of benzene rings is 1. The molecule has 0 radical (unpaired) electrons. The number of Topliss-reactive ketones (excluding diaryl/α,β-unsaturated/α-hetero) is 1. The SMILES string of the molecule is COC[C@H]1CN(c2ccc(C3CCC(=O)CC3)cc2)C(=O)O1.